The summed E-state index contributed by atoms with van der Waals surface area (Å²) in [4.78, 5) is 42.7. The van der Waals surface area contributed by atoms with Gasteiger partial charge in [0.2, 0.25) is 0 Å². The van der Waals surface area contributed by atoms with Crippen LogP contribution in [0.2, 0.25) is 0 Å². The zero-order valence-electron chi connectivity index (χ0n) is 22.7. The fourth-order valence-corrected chi connectivity index (χ4v) is 4.09. The topological polar surface area (TPSA) is 106 Å². The molecule has 2 aromatic carbocycles. The zero-order chi connectivity index (χ0) is 26.9. The molecule has 3 rings (SSSR count). The van der Waals surface area contributed by atoms with Gasteiger partial charge in [0.1, 0.15) is 11.6 Å². The second-order valence-electron chi connectivity index (χ2n) is 10.4. The van der Waals surface area contributed by atoms with Crippen molar-refractivity contribution in [1.29, 1.82) is 5.41 Å². The molecule has 0 saturated heterocycles. The minimum Gasteiger partial charge on any atom is -0.410 e. The van der Waals surface area contributed by atoms with Crippen molar-refractivity contribution in [3.8, 4) is 5.75 Å². The molecular weight excluding hydrogens is 538 g/mol. The number of nitrogens with zero attached hydrogens (tertiary/aromatic N) is 3. The smallest absolute Gasteiger partial charge is 0.410 e. The van der Waals surface area contributed by atoms with Gasteiger partial charge in [0, 0.05) is 64.2 Å². The number of nitrogens with one attached hydrogen (secondary N) is 2. The molecule has 0 radical (unpaired) electrons. The summed E-state index contributed by atoms with van der Waals surface area (Å²) in [5, 5.41) is 11.3. The van der Waals surface area contributed by atoms with Crippen LogP contribution < -0.4 is 15.0 Å². The van der Waals surface area contributed by atoms with Crippen LogP contribution in [0.3, 0.4) is 0 Å². The molecule has 0 saturated carbocycles. The van der Waals surface area contributed by atoms with Gasteiger partial charge >= 0.3 is 6.09 Å². The van der Waals surface area contributed by atoms with E-state index in [1.807, 2.05) is 45.8 Å². The lowest BCUT2D eigenvalue weighted by atomic mass is 9.85. The van der Waals surface area contributed by atoms with Gasteiger partial charge in [0.05, 0.1) is 12.1 Å². The Morgan fingerprint density at radius 1 is 1.08 bits per heavy atom. The number of hydrogen-bond acceptors (Lipinski definition) is 6. The summed E-state index contributed by atoms with van der Waals surface area (Å²) in [6.07, 6.45) is -0.490. The van der Waals surface area contributed by atoms with Gasteiger partial charge in [-0.1, -0.05) is 20.8 Å². The summed E-state index contributed by atoms with van der Waals surface area (Å²) < 4.78 is 5.53. The van der Waals surface area contributed by atoms with Crippen molar-refractivity contribution in [1.82, 2.24) is 15.1 Å². The number of amides is 2. The second-order valence-corrected chi connectivity index (χ2v) is 10.4. The third-order valence-corrected chi connectivity index (χ3v) is 6.11. The number of Topliss-reactive ketones (excluding diaryl/α,β-unsaturated/α-hetero) is 1. The molecule has 0 spiro atoms. The lowest BCUT2D eigenvalue weighted by molar-refractivity contribution is 0.0955. The summed E-state index contributed by atoms with van der Waals surface area (Å²) >= 11 is 0. The maximum absolute atomic E-state index is 13.3. The maximum atomic E-state index is 13.3. The molecule has 9 nitrogen and oxygen atoms in total. The van der Waals surface area contributed by atoms with Crippen LogP contribution >= 0.6 is 17.0 Å². The van der Waals surface area contributed by atoms with Crippen LogP contribution in [-0.4, -0.2) is 75.2 Å². The minimum atomic E-state index is -0.490. The molecule has 1 heterocycles. The van der Waals surface area contributed by atoms with E-state index in [1.54, 1.807) is 50.3 Å². The molecule has 37 heavy (non-hydrogen) atoms. The molecule has 0 aromatic heterocycles. The molecule has 2 amide bonds. The number of fused-ring (bicyclic) bond motifs is 1. The fourth-order valence-electron chi connectivity index (χ4n) is 4.09. The molecule has 0 unspecified atom stereocenters. The highest BCUT2D eigenvalue weighted by Crippen LogP contribution is 2.34. The number of carbonyl (C=O) groups is 3. The van der Waals surface area contributed by atoms with Gasteiger partial charge in [-0.3, -0.25) is 15.0 Å². The van der Waals surface area contributed by atoms with Crippen molar-refractivity contribution in [2.75, 3.05) is 46.7 Å². The average molecular weight is 575 g/mol. The predicted octanol–water partition coefficient (Wildman–Crippen LogP) is 4.07. The van der Waals surface area contributed by atoms with Gasteiger partial charge in [0.15, 0.2) is 5.78 Å². The molecule has 0 aliphatic carbocycles. The van der Waals surface area contributed by atoms with Crippen LogP contribution in [-0.2, 0) is 12.0 Å². The Morgan fingerprint density at radius 3 is 2.27 bits per heavy atom. The first-order valence-electron chi connectivity index (χ1n) is 11.7. The Labute approximate surface area is 229 Å². The first kappa shape index (κ1) is 29.8. The highest BCUT2D eigenvalue weighted by Gasteiger charge is 2.30. The number of anilines is 1. The third-order valence-electron chi connectivity index (χ3n) is 6.11. The largest absolute Gasteiger partial charge is 0.414 e. The number of ether oxygens (including phenoxy) is 1. The molecule has 2 aromatic rings. The van der Waals surface area contributed by atoms with Gasteiger partial charge in [-0.2, -0.15) is 0 Å². The van der Waals surface area contributed by atoms with Crippen LogP contribution in [0.4, 0.5) is 10.5 Å². The van der Waals surface area contributed by atoms with Crippen LogP contribution in [0.1, 0.15) is 58.2 Å². The molecule has 0 bridgehead atoms. The fraction of sp³-hybridized carbons (Fsp3) is 0.407. The Balaban J connectivity index is 0.00000481. The molecule has 2 N–H and O–H groups in total. The van der Waals surface area contributed by atoms with E-state index in [2.05, 4.69) is 5.32 Å². The van der Waals surface area contributed by atoms with Crippen molar-refractivity contribution in [2.45, 2.75) is 32.7 Å². The molecule has 10 heteroatoms. The van der Waals surface area contributed by atoms with E-state index in [4.69, 9.17) is 10.1 Å². The van der Waals surface area contributed by atoms with E-state index in [0.717, 1.165) is 16.8 Å². The van der Waals surface area contributed by atoms with Gasteiger partial charge in [-0.25, -0.2) is 4.79 Å². The normalized spacial score (nSPS) is 12.4. The van der Waals surface area contributed by atoms with Crippen molar-refractivity contribution in [3.05, 3.63) is 58.1 Å². The lowest BCUT2D eigenvalue weighted by Gasteiger charge is -2.24. The molecule has 1 aliphatic rings. The third kappa shape index (κ3) is 6.30. The quantitative estimate of drug-likeness (QED) is 0.504. The van der Waals surface area contributed by atoms with E-state index < -0.39 is 6.09 Å². The molecular formula is C27H36BrN5O4. The Bertz CT molecular complexity index is 1230. The summed E-state index contributed by atoms with van der Waals surface area (Å²) in [6.45, 7) is 6.38. The maximum Gasteiger partial charge on any atom is 0.414 e. The Morgan fingerprint density at radius 2 is 1.73 bits per heavy atom. The van der Waals surface area contributed by atoms with E-state index in [9.17, 15) is 14.4 Å². The highest BCUT2D eigenvalue weighted by atomic mass is 79.9. The number of amidine groups is 1. The Kier molecular flexibility index (Phi) is 9.13. The molecule has 0 atom stereocenters. The van der Waals surface area contributed by atoms with E-state index in [-0.39, 0.29) is 46.5 Å². The standard InChI is InChI=1S/C27H35N5O4.BrH/c1-27(2,3)20-11-16(9-10-23(20)36-26(35)31(7)8)22(33)15-32-14-17-12-21(30(5)6)19(25(34)29-4)13-18(17)24(32)28;/h9-13,28H,14-15H2,1-8H3,(H,29,34);1H. The number of ketones is 1. The van der Waals surface area contributed by atoms with E-state index >= 15 is 0 Å². The molecule has 1 aliphatic heterocycles. The number of benzene rings is 2. The predicted molar refractivity (Wildman–Crippen MR) is 151 cm³/mol. The molecule has 200 valence electrons. The van der Waals surface area contributed by atoms with Crippen molar-refractivity contribution < 1.29 is 19.1 Å². The Hall–Kier alpha value is -3.40. The summed E-state index contributed by atoms with van der Waals surface area (Å²) in [5.74, 6) is 0.245. The number of hydrogen-bond donors (Lipinski definition) is 2. The summed E-state index contributed by atoms with van der Waals surface area (Å²) in [6, 6.07) is 8.70. The van der Waals surface area contributed by atoms with Gasteiger partial charge < -0.3 is 24.8 Å². The van der Waals surface area contributed by atoms with Crippen LogP contribution in [0.5, 0.6) is 5.75 Å². The average Bonchev–Trinajstić information content (AvgIpc) is 3.11. The van der Waals surface area contributed by atoms with Crippen molar-refractivity contribution in [3.63, 3.8) is 0 Å². The highest BCUT2D eigenvalue weighted by molar-refractivity contribution is 8.93. The van der Waals surface area contributed by atoms with Crippen LogP contribution in [0, 0.1) is 5.41 Å². The van der Waals surface area contributed by atoms with Gasteiger partial charge in [0.25, 0.3) is 5.91 Å². The summed E-state index contributed by atoms with van der Waals surface area (Å²) in [7, 11) is 8.52. The van der Waals surface area contributed by atoms with Gasteiger partial charge in [-0.15, -0.1) is 17.0 Å². The lowest BCUT2D eigenvalue weighted by Crippen LogP contribution is -2.30. The first-order valence-corrected chi connectivity index (χ1v) is 11.7. The number of rotatable bonds is 6. The van der Waals surface area contributed by atoms with Crippen molar-refractivity contribution in [2.24, 2.45) is 0 Å². The van der Waals surface area contributed by atoms with E-state index in [1.165, 1.54) is 4.90 Å². The first-order chi connectivity index (χ1) is 16.7. The zero-order valence-corrected chi connectivity index (χ0v) is 24.4. The van der Waals surface area contributed by atoms with Crippen LogP contribution in [0.15, 0.2) is 30.3 Å². The molecule has 0 fully saturated rings. The number of carbonyl (C=O) groups excluding carboxylic acids is 3. The number of halogens is 1. The SMILES string of the molecule is Br.CNC(=O)c1cc2c(cc1N(C)C)CN(CC(=O)c1ccc(OC(=O)N(C)C)c(C(C)(C)C)c1)C2=N. The van der Waals surface area contributed by atoms with Crippen molar-refractivity contribution >= 4 is 46.3 Å². The van der Waals surface area contributed by atoms with E-state index in [0.29, 0.717) is 29.0 Å². The monoisotopic (exact) mass is 573 g/mol. The summed E-state index contributed by atoms with van der Waals surface area (Å²) in [5.41, 5.74) is 3.64. The van der Waals surface area contributed by atoms with Crippen LogP contribution in [0.25, 0.3) is 0 Å². The minimum absolute atomic E-state index is 0. The van der Waals surface area contributed by atoms with Gasteiger partial charge in [-0.05, 0) is 41.3 Å². The second kappa shape index (κ2) is 11.3.